The van der Waals surface area contributed by atoms with Gasteiger partial charge in [0.15, 0.2) is 5.65 Å². The van der Waals surface area contributed by atoms with Gasteiger partial charge in [-0.25, -0.2) is 4.98 Å². The molecule has 0 unspecified atom stereocenters. The minimum atomic E-state index is 0.0510. The summed E-state index contributed by atoms with van der Waals surface area (Å²) in [6.07, 6.45) is 4.75. The Morgan fingerprint density at radius 3 is 2.93 bits per heavy atom. The molecule has 2 atom stereocenters. The summed E-state index contributed by atoms with van der Waals surface area (Å²) in [6.45, 7) is 4.29. The van der Waals surface area contributed by atoms with Gasteiger partial charge in [-0.05, 0) is 37.8 Å². The first-order chi connectivity index (χ1) is 13.0. The molecule has 2 aromatic heterocycles. The molecule has 0 saturated heterocycles. The molecule has 1 fully saturated rings. The van der Waals surface area contributed by atoms with Crippen LogP contribution in [0.2, 0.25) is 0 Å². The minimum Gasteiger partial charge on any atom is -0.352 e. The van der Waals surface area contributed by atoms with Gasteiger partial charge < -0.3 is 9.88 Å². The molecule has 6 nitrogen and oxygen atoms in total. The van der Waals surface area contributed by atoms with E-state index in [9.17, 15) is 4.79 Å². The number of benzene rings is 1. The first-order valence-electron chi connectivity index (χ1n) is 9.54. The Morgan fingerprint density at radius 1 is 1.30 bits per heavy atom. The molecule has 4 rings (SSSR count). The van der Waals surface area contributed by atoms with Crippen LogP contribution in [0.3, 0.4) is 0 Å². The van der Waals surface area contributed by atoms with Crippen LogP contribution in [0.15, 0.2) is 23.4 Å². The quantitative estimate of drug-likeness (QED) is 0.697. The zero-order chi connectivity index (χ0) is 19.0. The molecule has 7 heteroatoms. The van der Waals surface area contributed by atoms with Gasteiger partial charge >= 0.3 is 0 Å². The molecule has 1 aromatic carbocycles. The highest BCUT2D eigenvalue weighted by atomic mass is 32.2. The second kappa shape index (κ2) is 7.46. The lowest BCUT2D eigenvalue weighted by Gasteiger charge is -2.29. The van der Waals surface area contributed by atoms with E-state index in [1.165, 1.54) is 36.6 Å². The molecule has 0 radical (unpaired) electrons. The first kappa shape index (κ1) is 18.2. The van der Waals surface area contributed by atoms with Gasteiger partial charge in [-0.2, -0.15) is 0 Å². The van der Waals surface area contributed by atoms with Gasteiger partial charge in [-0.3, -0.25) is 4.79 Å². The smallest absolute Gasteiger partial charge is 0.230 e. The maximum Gasteiger partial charge on any atom is 0.230 e. The average molecular weight is 384 g/mol. The Labute approximate surface area is 163 Å². The predicted molar refractivity (Wildman–Crippen MR) is 109 cm³/mol. The number of aryl methyl sites for hydroxylation is 2. The monoisotopic (exact) mass is 383 g/mol. The summed E-state index contributed by atoms with van der Waals surface area (Å²) in [7, 11) is 1.99. The topological polar surface area (TPSA) is 72.7 Å². The second-order valence-corrected chi connectivity index (χ2v) is 8.51. The molecule has 0 aliphatic heterocycles. The number of thioether (sulfide) groups is 1. The van der Waals surface area contributed by atoms with E-state index in [1.54, 1.807) is 0 Å². The number of amides is 1. The number of hydrogen-bond donors (Lipinski definition) is 1. The van der Waals surface area contributed by atoms with Crippen LogP contribution in [0.25, 0.3) is 22.1 Å². The second-order valence-electron chi connectivity index (χ2n) is 7.57. The van der Waals surface area contributed by atoms with Crippen LogP contribution >= 0.6 is 11.8 Å². The maximum atomic E-state index is 12.3. The standard InChI is InChI=1S/C20H25N5OS/c1-12-8-9-16-14(10-12)18-19(25(16)3)22-20(24-23-18)27-11-17(26)21-15-7-5-4-6-13(15)2/h8-10,13,15H,4-7,11H2,1-3H3,(H,21,26)/t13-,15-/m0/s1. The number of fused-ring (bicyclic) bond motifs is 3. The SMILES string of the molecule is Cc1ccc2c(c1)c1nnc(SCC(=O)N[C@H]3CCCC[C@@H]3C)nc1n2C. The highest BCUT2D eigenvalue weighted by Gasteiger charge is 2.23. The van der Waals surface area contributed by atoms with Crippen molar-refractivity contribution >= 4 is 39.7 Å². The zero-order valence-corrected chi connectivity index (χ0v) is 16.8. The van der Waals surface area contributed by atoms with Crippen molar-refractivity contribution in [3.8, 4) is 0 Å². The van der Waals surface area contributed by atoms with Crippen molar-refractivity contribution in [2.24, 2.45) is 13.0 Å². The maximum absolute atomic E-state index is 12.3. The van der Waals surface area contributed by atoms with Gasteiger partial charge in [0.25, 0.3) is 0 Å². The van der Waals surface area contributed by atoms with Crippen LogP contribution < -0.4 is 5.32 Å². The van der Waals surface area contributed by atoms with Crippen LogP contribution in [-0.2, 0) is 11.8 Å². The Hall–Kier alpha value is -2.15. The van der Waals surface area contributed by atoms with E-state index in [2.05, 4.69) is 52.5 Å². The van der Waals surface area contributed by atoms with Crippen molar-refractivity contribution in [2.75, 3.05) is 5.75 Å². The summed E-state index contributed by atoms with van der Waals surface area (Å²) >= 11 is 1.34. The molecule has 1 aliphatic rings. The van der Waals surface area contributed by atoms with Gasteiger partial charge in [0.05, 0.1) is 11.3 Å². The van der Waals surface area contributed by atoms with E-state index in [1.807, 2.05) is 11.6 Å². The van der Waals surface area contributed by atoms with Crippen molar-refractivity contribution < 1.29 is 4.79 Å². The predicted octanol–water partition coefficient (Wildman–Crippen LogP) is 3.61. The first-order valence-corrected chi connectivity index (χ1v) is 10.5. The molecule has 3 aromatic rings. The van der Waals surface area contributed by atoms with Gasteiger partial charge in [0, 0.05) is 18.5 Å². The lowest BCUT2D eigenvalue weighted by Crippen LogP contribution is -2.41. The van der Waals surface area contributed by atoms with Gasteiger partial charge in [0.2, 0.25) is 11.1 Å². The number of rotatable bonds is 4. The molecule has 142 valence electrons. The number of carbonyl (C=O) groups is 1. The van der Waals surface area contributed by atoms with Crippen LogP contribution in [-0.4, -0.2) is 37.5 Å². The normalized spacial score (nSPS) is 20.3. The molecule has 1 amide bonds. The fourth-order valence-electron chi connectivity index (χ4n) is 3.93. The number of carbonyl (C=O) groups excluding carboxylic acids is 1. The zero-order valence-electron chi connectivity index (χ0n) is 16.0. The highest BCUT2D eigenvalue weighted by Crippen LogP contribution is 2.27. The third kappa shape index (κ3) is 3.65. The molecule has 27 heavy (non-hydrogen) atoms. The van der Waals surface area contributed by atoms with Crippen LogP contribution in [0.4, 0.5) is 0 Å². The van der Waals surface area contributed by atoms with E-state index in [0.717, 1.165) is 28.5 Å². The molecule has 1 saturated carbocycles. The fraction of sp³-hybridized carbons (Fsp3) is 0.500. The number of aromatic nitrogens is 4. The van der Waals surface area contributed by atoms with Crippen LogP contribution in [0, 0.1) is 12.8 Å². The molecular formula is C20H25N5OS. The van der Waals surface area contributed by atoms with Crippen molar-refractivity contribution in [2.45, 2.75) is 50.7 Å². The number of nitrogens with one attached hydrogen (secondary N) is 1. The summed E-state index contributed by atoms with van der Waals surface area (Å²) in [5.41, 5.74) is 3.88. The molecule has 0 bridgehead atoms. The Kier molecular flexibility index (Phi) is 5.04. The Balaban J connectivity index is 1.48. The molecule has 0 spiro atoms. The van der Waals surface area contributed by atoms with E-state index < -0.39 is 0 Å². The number of hydrogen-bond acceptors (Lipinski definition) is 5. The van der Waals surface area contributed by atoms with Gasteiger partial charge in [0.1, 0.15) is 5.52 Å². The molecule has 1 aliphatic carbocycles. The summed E-state index contributed by atoms with van der Waals surface area (Å²) < 4.78 is 2.03. The van der Waals surface area contributed by atoms with Crippen molar-refractivity contribution in [3.63, 3.8) is 0 Å². The lowest BCUT2D eigenvalue weighted by molar-refractivity contribution is -0.119. The third-order valence-corrected chi connectivity index (χ3v) is 6.36. The fourth-order valence-corrected chi connectivity index (χ4v) is 4.52. The van der Waals surface area contributed by atoms with Crippen LogP contribution in [0.5, 0.6) is 0 Å². The van der Waals surface area contributed by atoms with Crippen LogP contribution in [0.1, 0.15) is 38.2 Å². The largest absolute Gasteiger partial charge is 0.352 e. The van der Waals surface area contributed by atoms with E-state index in [4.69, 9.17) is 0 Å². The summed E-state index contributed by atoms with van der Waals surface area (Å²) in [4.78, 5) is 17.0. The average Bonchev–Trinajstić information content (AvgIpc) is 2.93. The van der Waals surface area contributed by atoms with Gasteiger partial charge in [-0.15, -0.1) is 10.2 Å². The highest BCUT2D eigenvalue weighted by molar-refractivity contribution is 7.99. The van der Waals surface area contributed by atoms with E-state index >= 15 is 0 Å². The minimum absolute atomic E-state index is 0.0510. The van der Waals surface area contributed by atoms with E-state index in [0.29, 0.717) is 22.9 Å². The van der Waals surface area contributed by atoms with E-state index in [-0.39, 0.29) is 5.91 Å². The molecule has 2 heterocycles. The summed E-state index contributed by atoms with van der Waals surface area (Å²) in [5, 5.41) is 13.4. The van der Waals surface area contributed by atoms with Crippen molar-refractivity contribution in [1.82, 2.24) is 25.1 Å². The Morgan fingerprint density at radius 2 is 2.11 bits per heavy atom. The summed E-state index contributed by atoms with van der Waals surface area (Å²) in [5.74, 6) is 0.927. The third-order valence-electron chi connectivity index (χ3n) is 5.53. The molecule has 1 N–H and O–H groups in total. The summed E-state index contributed by atoms with van der Waals surface area (Å²) in [6, 6.07) is 6.58. The van der Waals surface area contributed by atoms with Gasteiger partial charge in [-0.1, -0.05) is 43.2 Å². The van der Waals surface area contributed by atoms with Crippen molar-refractivity contribution in [1.29, 1.82) is 0 Å². The van der Waals surface area contributed by atoms with Crippen molar-refractivity contribution in [3.05, 3.63) is 23.8 Å². The number of nitrogens with zero attached hydrogens (tertiary/aromatic N) is 4. The Bertz CT molecular complexity index is 999. The lowest BCUT2D eigenvalue weighted by atomic mass is 9.86. The molecular weight excluding hydrogens is 358 g/mol.